The maximum Gasteiger partial charge on any atom is 0.251 e. The van der Waals surface area contributed by atoms with Crippen molar-refractivity contribution in [3.63, 3.8) is 0 Å². The lowest BCUT2D eigenvalue weighted by atomic mass is 10.1. The molecule has 0 bridgehead atoms. The number of amides is 1. The monoisotopic (exact) mass is 289 g/mol. The first-order valence-electron chi connectivity index (χ1n) is 7.82. The summed E-state index contributed by atoms with van der Waals surface area (Å²) >= 11 is 0. The van der Waals surface area contributed by atoms with Crippen molar-refractivity contribution in [1.29, 1.82) is 0 Å². The minimum Gasteiger partial charge on any atom is -0.489 e. The van der Waals surface area contributed by atoms with Crippen LogP contribution in [-0.2, 0) is 0 Å². The molecule has 4 nitrogen and oxygen atoms in total. The average molecular weight is 289 g/mol. The number of carbonyl (C=O) groups is 1. The number of ether oxygens (including phenoxy) is 2. The van der Waals surface area contributed by atoms with Crippen molar-refractivity contribution in [2.24, 2.45) is 5.41 Å². The number of hydrogen-bond acceptors (Lipinski definition) is 3. The Balaban J connectivity index is 1.71. The highest BCUT2D eigenvalue weighted by Gasteiger charge is 2.46. The zero-order valence-electron chi connectivity index (χ0n) is 12.8. The van der Waals surface area contributed by atoms with Crippen LogP contribution >= 0.6 is 0 Å². The molecular formula is C17H23NO3. The molecule has 2 aliphatic rings. The molecule has 1 N–H and O–H groups in total. The van der Waals surface area contributed by atoms with Gasteiger partial charge in [-0.3, -0.25) is 4.79 Å². The second kappa shape index (κ2) is 5.58. The Labute approximate surface area is 125 Å². The zero-order valence-corrected chi connectivity index (χ0v) is 12.8. The predicted octanol–water partition coefficient (Wildman–Crippen LogP) is 3.16. The van der Waals surface area contributed by atoms with Crippen molar-refractivity contribution in [3.05, 3.63) is 23.8 Å². The number of carbonyl (C=O) groups excluding carboxylic acids is 1. The van der Waals surface area contributed by atoms with Gasteiger partial charge in [-0.25, -0.2) is 0 Å². The Kier molecular flexibility index (Phi) is 3.79. The molecule has 114 valence electrons. The Hall–Kier alpha value is -1.71. The molecule has 21 heavy (non-hydrogen) atoms. The molecule has 1 aliphatic heterocycles. The van der Waals surface area contributed by atoms with Crippen molar-refractivity contribution in [1.82, 2.24) is 5.32 Å². The maximum absolute atomic E-state index is 12.2. The van der Waals surface area contributed by atoms with Gasteiger partial charge in [-0.1, -0.05) is 13.3 Å². The molecule has 0 radical (unpaired) electrons. The fourth-order valence-corrected chi connectivity index (χ4v) is 2.66. The molecule has 0 aromatic heterocycles. The first-order chi connectivity index (χ1) is 10.1. The fraction of sp³-hybridized carbons (Fsp3) is 0.588. The van der Waals surface area contributed by atoms with Crippen LogP contribution in [0.25, 0.3) is 0 Å². The van der Waals surface area contributed by atoms with Crippen LogP contribution in [0.2, 0.25) is 0 Å². The van der Waals surface area contributed by atoms with E-state index in [0.29, 0.717) is 17.9 Å². The van der Waals surface area contributed by atoms with Gasteiger partial charge in [0, 0.05) is 17.0 Å². The van der Waals surface area contributed by atoms with Gasteiger partial charge in [0.15, 0.2) is 11.5 Å². The molecule has 1 atom stereocenters. The second-order valence-corrected chi connectivity index (χ2v) is 6.40. The van der Waals surface area contributed by atoms with Gasteiger partial charge in [0.25, 0.3) is 5.91 Å². The van der Waals surface area contributed by atoms with E-state index >= 15 is 0 Å². The molecule has 3 rings (SSSR count). The van der Waals surface area contributed by atoms with Crippen LogP contribution in [0.1, 0.15) is 49.9 Å². The van der Waals surface area contributed by atoms with Gasteiger partial charge in [0.05, 0.1) is 13.2 Å². The third kappa shape index (κ3) is 3.14. The Morgan fingerprint density at radius 3 is 2.67 bits per heavy atom. The molecule has 1 heterocycles. The average Bonchev–Trinajstić information content (AvgIpc) is 3.26. The SMILES string of the molecule is CCC[C@@H](C)NC(=O)c1ccc2c(c1)OCC1(CC1)CO2. The number of rotatable bonds is 4. The normalized spacial score (nSPS) is 19.7. The van der Waals surface area contributed by atoms with E-state index in [0.717, 1.165) is 25.2 Å². The Bertz CT molecular complexity index is 537. The van der Waals surface area contributed by atoms with E-state index in [4.69, 9.17) is 9.47 Å². The standard InChI is InChI=1S/C17H23NO3/c1-3-4-12(2)18-16(19)13-5-6-14-15(9-13)21-11-17(7-8-17)10-20-14/h5-6,9,12H,3-4,7-8,10-11H2,1-2H3,(H,18,19)/t12-/m1/s1. The van der Waals surface area contributed by atoms with Gasteiger partial charge in [-0.15, -0.1) is 0 Å². The van der Waals surface area contributed by atoms with Crippen LogP contribution in [0.15, 0.2) is 18.2 Å². The first kappa shape index (κ1) is 14.2. The van der Waals surface area contributed by atoms with E-state index in [1.54, 1.807) is 12.1 Å². The molecule has 1 saturated carbocycles. The summed E-state index contributed by atoms with van der Waals surface area (Å²) in [6, 6.07) is 5.63. The summed E-state index contributed by atoms with van der Waals surface area (Å²) in [6.07, 6.45) is 4.38. The molecule has 1 aliphatic carbocycles. The minimum absolute atomic E-state index is 0.0484. The van der Waals surface area contributed by atoms with Crippen LogP contribution < -0.4 is 14.8 Å². The highest BCUT2D eigenvalue weighted by Crippen LogP contribution is 2.49. The molecule has 1 fully saturated rings. The molecule has 0 unspecified atom stereocenters. The Morgan fingerprint density at radius 2 is 2.00 bits per heavy atom. The van der Waals surface area contributed by atoms with Gasteiger partial charge in [-0.05, 0) is 44.4 Å². The van der Waals surface area contributed by atoms with Gasteiger partial charge in [-0.2, -0.15) is 0 Å². The summed E-state index contributed by atoms with van der Waals surface area (Å²) in [4.78, 5) is 12.2. The van der Waals surface area contributed by atoms with E-state index in [1.165, 1.54) is 12.8 Å². The largest absolute Gasteiger partial charge is 0.489 e. The van der Waals surface area contributed by atoms with Crippen molar-refractivity contribution in [3.8, 4) is 11.5 Å². The summed E-state index contributed by atoms with van der Waals surface area (Å²) in [7, 11) is 0. The van der Waals surface area contributed by atoms with Crippen LogP contribution in [0, 0.1) is 5.41 Å². The summed E-state index contributed by atoms with van der Waals surface area (Å²) in [5, 5.41) is 3.01. The van der Waals surface area contributed by atoms with Gasteiger partial charge in [0.2, 0.25) is 0 Å². The van der Waals surface area contributed by atoms with Crippen molar-refractivity contribution in [2.75, 3.05) is 13.2 Å². The van der Waals surface area contributed by atoms with Gasteiger partial charge < -0.3 is 14.8 Å². The van der Waals surface area contributed by atoms with E-state index in [9.17, 15) is 4.79 Å². The first-order valence-corrected chi connectivity index (χ1v) is 7.82. The number of nitrogens with one attached hydrogen (secondary N) is 1. The lowest BCUT2D eigenvalue weighted by molar-refractivity contribution is 0.0938. The fourth-order valence-electron chi connectivity index (χ4n) is 2.66. The highest BCUT2D eigenvalue weighted by atomic mass is 16.5. The van der Waals surface area contributed by atoms with Crippen LogP contribution in [0.5, 0.6) is 11.5 Å². The topological polar surface area (TPSA) is 47.6 Å². The van der Waals surface area contributed by atoms with Crippen molar-refractivity contribution >= 4 is 5.91 Å². The number of fused-ring (bicyclic) bond motifs is 1. The highest BCUT2D eigenvalue weighted by molar-refractivity contribution is 5.95. The maximum atomic E-state index is 12.2. The molecule has 1 aromatic rings. The van der Waals surface area contributed by atoms with E-state index in [-0.39, 0.29) is 17.4 Å². The molecule has 0 saturated heterocycles. The molecule has 4 heteroatoms. The third-order valence-electron chi connectivity index (χ3n) is 4.33. The molecular weight excluding hydrogens is 266 g/mol. The summed E-state index contributed by atoms with van der Waals surface area (Å²) in [5.74, 6) is 1.39. The molecule has 1 spiro atoms. The predicted molar refractivity (Wildman–Crippen MR) is 80.9 cm³/mol. The third-order valence-corrected chi connectivity index (χ3v) is 4.33. The van der Waals surface area contributed by atoms with E-state index < -0.39 is 0 Å². The second-order valence-electron chi connectivity index (χ2n) is 6.40. The van der Waals surface area contributed by atoms with Gasteiger partial charge in [0.1, 0.15) is 0 Å². The van der Waals surface area contributed by atoms with Crippen LogP contribution in [-0.4, -0.2) is 25.2 Å². The van der Waals surface area contributed by atoms with Crippen molar-refractivity contribution in [2.45, 2.75) is 45.6 Å². The minimum atomic E-state index is -0.0484. The quantitative estimate of drug-likeness (QED) is 0.926. The lowest BCUT2D eigenvalue weighted by Gasteiger charge is -2.14. The van der Waals surface area contributed by atoms with Gasteiger partial charge >= 0.3 is 0 Å². The van der Waals surface area contributed by atoms with Crippen LogP contribution in [0.4, 0.5) is 0 Å². The van der Waals surface area contributed by atoms with E-state index in [1.807, 2.05) is 13.0 Å². The lowest BCUT2D eigenvalue weighted by Crippen LogP contribution is -2.32. The van der Waals surface area contributed by atoms with E-state index in [2.05, 4.69) is 12.2 Å². The van der Waals surface area contributed by atoms with Crippen LogP contribution in [0.3, 0.4) is 0 Å². The zero-order chi connectivity index (χ0) is 14.9. The summed E-state index contributed by atoms with van der Waals surface area (Å²) in [5.41, 5.74) is 0.851. The number of hydrogen-bond donors (Lipinski definition) is 1. The smallest absolute Gasteiger partial charge is 0.251 e. The molecule has 1 aromatic carbocycles. The number of benzene rings is 1. The summed E-state index contributed by atoms with van der Waals surface area (Å²) < 4.78 is 11.7. The molecule has 1 amide bonds. The Morgan fingerprint density at radius 1 is 1.29 bits per heavy atom. The summed E-state index contributed by atoms with van der Waals surface area (Å²) in [6.45, 7) is 5.56. The van der Waals surface area contributed by atoms with Crippen molar-refractivity contribution < 1.29 is 14.3 Å².